The maximum atomic E-state index is 13.6. The standard InChI is InChI=1S/C14H18FNO2S/c15-12-4-3-10(19)7-11(12)13(18)16-8-14(9-17)5-1-2-6-14/h3-4,7,17,19H,1-2,5-6,8-9H2,(H,16,18). The van der Waals surface area contributed by atoms with Crippen LogP contribution in [0.5, 0.6) is 0 Å². The van der Waals surface area contributed by atoms with Crippen molar-refractivity contribution in [3.8, 4) is 0 Å². The minimum absolute atomic E-state index is 0.00131. The number of hydrogen-bond acceptors (Lipinski definition) is 3. The van der Waals surface area contributed by atoms with E-state index in [-0.39, 0.29) is 17.6 Å². The van der Waals surface area contributed by atoms with Gasteiger partial charge in [0.15, 0.2) is 0 Å². The van der Waals surface area contributed by atoms with E-state index in [9.17, 15) is 14.3 Å². The lowest BCUT2D eigenvalue weighted by atomic mass is 9.87. The number of carbonyl (C=O) groups excluding carboxylic acids is 1. The lowest BCUT2D eigenvalue weighted by Gasteiger charge is -2.26. The molecule has 0 spiro atoms. The topological polar surface area (TPSA) is 49.3 Å². The third-order valence-corrected chi connectivity index (χ3v) is 4.10. The molecule has 0 aromatic heterocycles. The van der Waals surface area contributed by atoms with Crippen LogP contribution in [0.25, 0.3) is 0 Å². The number of rotatable bonds is 4. The summed E-state index contributed by atoms with van der Waals surface area (Å²) in [6.45, 7) is 0.445. The molecule has 0 aliphatic heterocycles. The van der Waals surface area contributed by atoms with Crippen molar-refractivity contribution in [2.24, 2.45) is 5.41 Å². The van der Waals surface area contributed by atoms with Crippen LogP contribution in [-0.4, -0.2) is 24.2 Å². The third-order valence-electron chi connectivity index (χ3n) is 3.82. The molecule has 0 unspecified atom stereocenters. The van der Waals surface area contributed by atoms with Crippen molar-refractivity contribution < 1.29 is 14.3 Å². The Bertz CT molecular complexity index is 473. The van der Waals surface area contributed by atoms with Crippen molar-refractivity contribution in [2.75, 3.05) is 13.2 Å². The average molecular weight is 283 g/mol. The highest BCUT2D eigenvalue weighted by atomic mass is 32.1. The van der Waals surface area contributed by atoms with Crippen LogP contribution in [0, 0.1) is 11.2 Å². The van der Waals surface area contributed by atoms with E-state index < -0.39 is 11.7 Å². The van der Waals surface area contributed by atoms with Gasteiger partial charge in [-0.3, -0.25) is 4.79 Å². The molecule has 2 N–H and O–H groups in total. The normalized spacial score (nSPS) is 17.4. The number of aliphatic hydroxyl groups excluding tert-OH is 1. The van der Waals surface area contributed by atoms with E-state index in [1.807, 2.05) is 0 Å². The number of aliphatic hydroxyl groups is 1. The molecule has 0 radical (unpaired) electrons. The number of carbonyl (C=O) groups is 1. The summed E-state index contributed by atoms with van der Waals surface area (Å²) in [7, 11) is 0. The van der Waals surface area contributed by atoms with Gasteiger partial charge in [-0.1, -0.05) is 12.8 Å². The summed E-state index contributed by atoms with van der Waals surface area (Å²) < 4.78 is 13.6. The Hall–Kier alpha value is -1.07. The molecule has 1 aliphatic carbocycles. The average Bonchev–Trinajstić information content (AvgIpc) is 2.88. The van der Waals surface area contributed by atoms with Crippen LogP contribution < -0.4 is 5.32 Å². The van der Waals surface area contributed by atoms with Crippen molar-refractivity contribution in [1.29, 1.82) is 0 Å². The number of nitrogens with one attached hydrogen (secondary N) is 1. The van der Waals surface area contributed by atoms with Crippen molar-refractivity contribution >= 4 is 18.5 Å². The maximum absolute atomic E-state index is 13.6. The molecule has 1 aromatic rings. The first-order chi connectivity index (χ1) is 9.06. The number of halogens is 1. The lowest BCUT2D eigenvalue weighted by molar-refractivity contribution is 0.0876. The van der Waals surface area contributed by atoms with Crippen LogP contribution in [0.4, 0.5) is 4.39 Å². The SMILES string of the molecule is O=C(NCC1(CO)CCCC1)c1cc(S)ccc1F. The molecular weight excluding hydrogens is 265 g/mol. The van der Waals surface area contributed by atoms with Gasteiger partial charge in [-0.25, -0.2) is 4.39 Å². The number of thiol groups is 1. The van der Waals surface area contributed by atoms with E-state index in [1.165, 1.54) is 18.2 Å². The highest BCUT2D eigenvalue weighted by Gasteiger charge is 2.33. The number of benzene rings is 1. The molecule has 3 nitrogen and oxygen atoms in total. The summed E-state index contributed by atoms with van der Waals surface area (Å²) in [5, 5.41) is 12.2. The van der Waals surface area contributed by atoms with Gasteiger partial charge in [0, 0.05) is 16.9 Å². The summed E-state index contributed by atoms with van der Waals surface area (Å²) in [5.74, 6) is -1.01. The Balaban J connectivity index is 2.03. The largest absolute Gasteiger partial charge is 0.396 e. The van der Waals surface area contributed by atoms with Crippen LogP contribution in [0.2, 0.25) is 0 Å². The molecule has 1 amide bonds. The predicted octanol–water partition coefficient (Wildman–Crippen LogP) is 2.40. The molecule has 2 rings (SSSR count). The molecule has 1 aliphatic rings. The second kappa shape index (κ2) is 5.92. The Morgan fingerprint density at radius 3 is 2.74 bits per heavy atom. The maximum Gasteiger partial charge on any atom is 0.254 e. The van der Waals surface area contributed by atoms with Crippen LogP contribution in [-0.2, 0) is 0 Å². The Labute approximate surface area is 117 Å². The highest BCUT2D eigenvalue weighted by molar-refractivity contribution is 7.80. The van der Waals surface area contributed by atoms with Gasteiger partial charge in [0.1, 0.15) is 5.82 Å². The first-order valence-corrected chi connectivity index (χ1v) is 6.89. The van der Waals surface area contributed by atoms with Crippen molar-refractivity contribution in [1.82, 2.24) is 5.32 Å². The Morgan fingerprint density at radius 2 is 2.11 bits per heavy atom. The second-order valence-corrected chi connectivity index (χ2v) is 5.73. The van der Waals surface area contributed by atoms with E-state index in [0.29, 0.717) is 11.4 Å². The molecule has 104 valence electrons. The van der Waals surface area contributed by atoms with Crippen LogP contribution >= 0.6 is 12.6 Å². The second-order valence-electron chi connectivity index (χ2n) is 5.21. The van der Waals surface area contributed by atoms with Gasteiger partial charge in [-0.2, -0.15) is 0 Å². The first kappa shape index (κ1) is 14.3. The quantitative estimate of drug-likeness (QED) is 0.743. The van der Waals surface area contributed by atoms with E-state index in [1.54, 1.807) is 0 Å². The summed E-state index contributed by atoms with van der Waals surface area (Å²) in [6, 6.07) is 4.14. The van der Waals surface area contributed by atoms with Crippen molar-refractivity contribution in [3.05, 3.63) is 29.6 Å². The number of hydrogen-bond donors (Lipinski definition) is 3. The molecule has 0 atom stereocenters. The third kappa shape index (κ3) is 3.28. The summed E-state index contributed by atoms with van der Waals surface area (Å²) >= 11 is 4.10. The van der Waals surface area contributed by atoms with Gasteiger partial charge in [0.2, 0.25) is 0 Å². The van der Waals surface area contributed by atoms with Crippen LogP contribution in [0.15, 0.2) is 23.1 Å². The van der Waals surface area contributed by atoms with E-state index >= 15 is 0 Å². The molecule has 0 bridgehead atoms. The smallest absolute Gasteiger partial charge is 0.254 e. The number of amides is 1. The lowest BCUT2D eigenvalue weighted by Crippen LogP contribution is -2.38. The zero-order valence-corrected chi connectivity index (χ0v) is 11.5. The monoisotopic (exact) mass is 283 g/mol. The molecule has 0 saturated heterocycles. The molecule has 19 heavy (non-hydrogen) atoms. The summed E-state index contributed by atoms with van der Waals surface area (Å²) in [5.41, 5.74) is -0.233. The zero-order valence-electron chi connectivity index (χ0n) is 10.7. The van der Waals surface area contributed by atoms with Crippen molar-refractivity contribution in [3.63, 3.8) is 0 Å². The van der Waals surface area contributed by atoms with Gasteiger partial charge in [0.05, 0.1) is 12.2 Å². The van der Waals surface area contributed by atoms with Crippen LogP contribution in [0.3, 0.4) is 0 Å². The van der Waals surface area contributed by atoms with E-state index in [0.717, 1.165) is 25.7 Å². The molecule has 5 heteroatoms. The molecular formula is C14H18FNO2S. The zero-order chi connectivity index (χ0) is 13.9. The Morgan fingerprint density at radius 1 is 1.42 bits per heavy atom. The summed E-state index contributed by atoms with van der Waals surface area (Å²) in [6.07, 6.45) is 3.94. The van der Waals surface area contributed by atoms with Gasteiger partial charge >= 0.3 is 0 Å². The molecule has 0 heterocycles. The highest BCUT2D eigenvalue weighted by Crippen LogP contribution is 2.36. The molecule has 1 saturated carbocycles. The fraction of sp³-hybridized carbons (Fsp3) is 0.500. The first-order valence-electron chi connectivity index (χ1n) is 6.44. The van der Waals surface area contributed by atoms with Gasteiger partial charge < -0.3 is 10.4 Å². The van der Waals surface area contributed by atoms with Gasteiger partial charge in [0.25, 0.3) is 5.91 Å². The van der Waals surface area contributed by atoms with Gasteiger partial charge in [-0.15, -0.1) is 12.6 Å². The minimum Gasteiger partial charge on any atom is -0.396 e. The van der Waals surface area contributed by atoms with Gasteiger partial charge in [-0.05, 0) is 31.0 Å². The molecule has 1 fully saturated rings. The fourth-order valence-corrected chi connectivity index (χ4v) is 2.77. The van der Waals surface area contributed by atoms with E-state index in [4.69, 9.17) is 0 Å². The Kier molecular flexibility index (Phi) is 4.47. The predicted molar refractivity (Wildman–Crippen MR) is 74.0 cm³/mol. The van der Waals surface area contributed by atoms with Crippen LogP contribution in [0.1, 0.15) is 36.0 Å². The van der Waals surface area contributed by atoms with Crippen molar-refractivity contribution in [2.45, 2.75) is 30.6 Å². The fourth-order valence-electron chi connectivity index (χ4n) is 2.57. The molecule has 1 aromatic carbocycles. The van der Waals surface area contributed by atoms with E-state index in [2.05, 4.69) is 17.9 Å². The summed E-state index contributed by atoms with van der Waals surface area (Å²) in [4.78, 5) is 12.5. The minimum atomic E-state index is -0.556.